The van der Waals surface area contributed by atoms with Crippen LogP contribution in [0.15, 0.2) is 36.7 Å². The van der Waals surface area contributed by atoms with E-state index in [9.17, 15) is 0 Å². The minimum Gasteiger partial charge on any atom is -0.364 e. The maximum absolute atomic E-state index is 3.33. The van der Waals surface area contributed by atoms with Crippen molar-refractivity contribution >= 4 is 0 Å². The quantitative estimate of drug-likeness (QED) is 0.649. The highest BCUT2D eigenvalue weighted by atomic mass is 14.9. The molecule has 0 spiro atoms. The van der Waals surface area contributed by atoms with Crippen molar-refractivity contribution in [3.63, 3.8) is 0 Å². The Hall–Kier alpha value is -1.48. The van der Waals surface area contributed by atoms with Crippen LogP contribution in [0, 0.1) is 0 Å². The van der Waals surface area contributed by atoms with Crippen molar-refractivity contribution in [3.8, 4) is 0 Å². The lowest BCUT2D eigenvalue weighted by atomic mass is 10.4. The molecule has 0 saturated carbocycles. The Morgan fingerprint density at radius 2 is 1.46 bits per heavy atom. The Labute approximate surface area is 77.2 Å². The number of rotatable bonds is 4. The van der Waals surface area contributed by atoms with E-state index in [4.69, 9.17) is 0 Å². The van der Waals surface area contributed by atoms with Crippen molar-refractivity contribution in [2.75, 3.05) is 0 Å². The van der Waals surface area contributed by atoms with Crippen molar-refractivity contribution in [2.45, 2.75) is 13.1 Å². The fraction of sp³-hybridized carbons (Fsp3) is 0.200. The lowest BCUT2D eigenvalue weighted by Gasteiger charge is -2.00. The molecule has 0 aliphatic rings. The summed E-state index contributed by atoms with van der Waals surface area (Å²) < 4.78 is 0. The molecule has 0 aliphatic heterocycles. The van der Waals surface area contributed by atoms with E-state index in [-0.39, 0.29) is 0 Å². The average molecular weight is 175 g/mol. The lowest BCUT2D eigenvalue weighted by Crippen LogP contribution is -2.12. The van der Waals surface area contributed by atoms with Crippen LogP contribution in [-0.2, 0) is 13.1 Å². The predicted octanol–water partition coefficient (Wildman–Crippen LogP) is 1.63. The summed E-state index contributed by atoms with van der Waals surface area (Å²) in [7, 11) is 0. The van der Waals surface area contributed by atoms with E-state index in [1.165, 1.54) is 11.4 Å². The molecule has 2 heterocycles. The molecule has 2 rings (SSSR count). The van der Waals surface area contributed by atoms with Crippen molar-refractivity contribution in [2.24, 2.45) is 0 Å². The molecule has 0 aromatic carbocycles. The lowest BCUT2D eigenvalue weighted by molar-refractivity contribution is 0.672. The molecule has 2 aromatic heterocycles. The largest absolute Gasteiger partial charge is 0.364 e. The number of aromatic amines is 2. The summed E-state index contributed by atoms with van der Waals surface area (Å²) in [5.41, 5.74) is 2.43. The van der Waals surface area contributed by atoms with Gasteiger partial charge >= 0.3 is 0 Å². The van der Waals surface area contributed by atoms with E-state index in [1.807, 2.05) is 24.5 Å². The Morgan fingerprint density at radius 1 is 0.923 bits per heavy atom. The topological polar surface area (TPSA) is 43.6 Å². The molecule has 0 amide bonds. The Balaban J connectivity index is 1.76. The summed E-state index contributed by atoms with van der Waals surface area (Å²) in [6.45, 7) is 1.76. The third-order valence-corrected chi connectivity index (χ3v) is 1.96. The van der Waals surface area contributed by atoms with Crippen molar-refractivity contribution in [1.82, 2.24) is 15.3 Å². The van der Waals surface area contributed by atoms with Gasteiger partial charge in [-0.2, -0.15) is 0 Å². The van der Waals surface area contributed by atoms with E-state index < -0.39 is 0 Å². The van der Waals surface area contributed by atoms with E-state index in [0.717, 1.165) is 13.1 Å². The highest BCUT2D eigenvalue weighted by Gasteiger charge is 1.93. The minimum atomic E-state index is 0.881. The second-order valence-corrected chi connectivity index (χ2v) is 2.99. The van der Waals surface area contributed by atoms with Gasteiger partial charge in [0.25, 0.3) is 0 Å². The molecule has 68 valence electrons. The van der Waals surface area contributed by atoms with Gasteiger partial charge in [0.15, 0.2) is 0 Å². The van der Waals surface area contributed by atoms with Crippen LogP contribution in [-0.4, -0.2) is 9.97 Å². The van der Waals surface area contributed by atoms with Gasteiger partial charge in [0.1, 0.15) is 0 Å². The zero-order chi connectivity index (χ0) is 8.93. The van der Waals surface area contributed by atoms with Crippen LogP contribution in [0.1, 0.15) is 11.4 Å². The standard InChI is InChI=1S/C10H13N3/c1-3-9(12-5-1)7-11-8-10-4-2-6-13-10/h1-6,11-13H,7-8H2. The first-order valence-electron chi connectivity index (χ1n) is 4.40. The van der Waals surface area contributed by atoms with Crippen LogP contribution in [0.4, 0.5) is 0 Å². The molecule has 0 aliphatic carbocycles. The summed E-state index contributed by atoms with van der Waals surface area (Å²) in [5, 5.41) is 3.33. The van der Waals surface area contributed by atoms with Gasteiger partial charge in [-0.15, -0.1) is 0 Å². The second kappa shape index (κ2) is 3.96. The van der Waals surface area contributed by atoms with Gasteiger partial charge in [0.05, 0.1) is 0 Å². The summed E-state index contributed by atoms with van der Waals surface area (Å²) >= 11 is 0. The smallest absolute Gasteiger partial charge is 0.0360 e. The average Bonchev–Trinajstić information content (AvgIpc) is 2.75. The number of hydrogen-bond donors (Lipinski definition) is 3. The van der Waals surface area contributed by atoms with Crippen LogP contribution in [0.3, 0.4) is 0 Å². The minimum absolute atomic E-state index is 0.881. The van der Waals surface area contributed by atoms with Crippen LogP contribution in [0.2, 0.25) is 0 Å². The summed E-state index contributed by atoms with van der Waals surface area (Å²) in [4.78, 5) is 6.29. The third-order valence-electron chi connectivity index (χ3n) is 1.96. The van der Waals surface area contributed by atoms with Crippen LogP contribution in [0.5, 0.6) is 0 Å². The normalized spacial score (nSPS) is 10.5. The van der Waals surface area contributed by atoms with Gasteiger partial charge in [0, 0.05) is 36.9 Å². The molecule has 0 atom stereocenters. The van der Waals surface area contributed by atoms with Gasteiger partial charge in [0.2, 0.25) is 0 Å². The predicted molar refractivity (Wildman–Crippen MR) is 52.1 cm³/mol. The number of aromatic nitrogens is 2. The monoisotopic (exact) mass is 175 g/mol. The molecule has 3 N–H and O–H groups in total. The summed E-state index contributed by atoms with van der Waals surface area (Å²) in [5.74, 6) is 0. The zero-order valence-corrected chi connectivity index (χ0v) is 7.38. The third kappa shape index (κ3) is 2.23. The molecule has 0 fully saturated rings. The van der Waals surface area contributed by atoms with E-state index in [0.29, 0.717) is 0 Å². The van der Waals surface area contributed by atoms with Crippen molar-refractivity contribution < 1.29 is 0 Å². The Kier molecular flexibility index (Phi) is 2.48. The first-order chi connectivity index (χ1) is 6.45. The molecule has 0 saturated heterocycles. The Morgan fingerprint density at radius 3 is 1.85 bits per heavy atom. The summed E-state index contributed by atoms with van der Waals surface area (Å²) in [6.07, 6.45) is 3.87. The van der Waals surface area contributed by atoms with Gasteiger partial charge in [-0.1, -0.05) is 0 Å². The molecular formula is C10H13N3. The fourth-order valence-corrected chi connectivity index (χ4v) is 1.29. The van der Waals surface area contributed by atoms with E-state index in [2.05, 4.69) is 27.4 Å². The summed E-state index contributed by atoms with van der Waals surface area (Å²) in [6, 6.07) is 8.15. The zero-order valence-electron chi connectivity index (χ0n) is 7.38. The maximum atomic E-state index is 3.33. The van der Waals surface area contributed by atoms with Crippen LogP contribution >= 0.6 is 0 Å². The van der Waals surface area contributed by atoms with Gasteiger partial charge in [-0.3, -0.25) is 0 Å². The molecule has 3 heteroatoms. The van der Waals surface area contributed by atoms with Crippen molar-refractivity contribution in [3.05, 3.63) is 48.0 Å². The SMILES string of the molecule is c1c[nH]c(CNCc2ccc[nH]2)c1. The first kappa shape index (κ1) is 8.13. The van der Waals surface area contributed by atoms with E-state index in [1.54, 1.807) is 0 Å². The van der Waals surface area contributed by atoms with Crippen LogP contribution < -0.4 is 5.32 Å². The molecule has 0 unspecified atom stereocenters. The number of H-pyrrole nitrogens is 2. The van der Waals surface area contributed by atoms with Gasteiger partial charge in [-0.05, 0) is 24.3 Å². The molecule has 0 bridgehead atoms. The van der Waals surface area contributed by atoms with Crippen molar-refractivity contribution in [1.29, 1.82) is 0 Å². The number of nitrogens with one attached hydrogen (secondary N) is 3. The molecule has 2 aromatic rings. The number of hydrogen-bond acceptors (Lipinski definition) is 1. The first-order valence-corrected chi connectivity index (χ1v) is 4.40. The van der Waals surface area contributed by atoms with Crippen LogP contribution in [0.25, 0.3) is 0 Å². The molecule has 0 radical (unpaired) electrons. The molecule has 3 nitrogen and oxygen atoms in total. The highest BCUT2D eigenvalue weighted by Crippen LogP contribution is 1.96. The van der Waals surface area contributed by atoms with Gasteiger partial charge in [-0.25, -0.2) is 0 Å². The maximum Gasteiger partial charge on any atom is 0.0360 e. The Bertz CT molecular complexity index is 287. The fourth-order valence-electron chi connectivity index (χ4n) is 1.29. The highest BCUT2D eigenvalue weighted by molar-refractivity contribution is 5.05. The second-order valence-electron chi connectivity index (χ2n) is 2.99. The van der Waals surface area contributed by atoms with E-state index >= 15 is 0 Å². The molecule has 13 heavy (non-hydrogen) atoms. The van der Waals surface area contributed by atoms with Gasteiger partial charge < -0.3 is 15.3 Å². The molecular weight excluding hydrogens is 162 g/mol.